The van der Waals surface area contributed by atoms with Crippen LogP contribution >= 0.6 is 0 Å². The minimum absolute atomic E-state index is 0.00326. The summed E-state index contributed by atoms with van der Waals surface area (Å²) in [6.07, 6.45) is 6.19. The Morgan fingerprint density at radius 2 is 2.00 bits per heavy atom. The fourth-order valence-electron chi connectivity index (χ4n) is 4.38. The van der Waals surface area contributed by atoms with E-state index in [2.05, 4.69) is 26.7 Å². The summed E-state index contributed by atoms with van der Waals surface area (Å²) in [5.74, 6) is 0.0641. The largest absolute Gasteiger partial charge is 0.359 e. The first-order valence-corrected chi connectivity index (χ1v) is 11.2. The lowest BCUT2D eigenvalue weighted by Crippen LogP contribution is -2.45. The molecule has 2 amide bonds. The highest BCUT2D eigenvalue weighted by atomic mass is 16.2. The number of aromatic nitrogens is 1. The second-order valence-corrected chi connectivity index (χ2v) is 8.45. The van der Waals surface area contributed by atoms with Gasteiger partial charge in [0.05, 0.1) is 6.54 Å². The molecular weight excluding hydrogens is 406 g/mol. The zero-order valence-electron chi connectivity index (χ0n) is 18.4. The summed E-state index contributed by atoms with van der Waals surface area (Å²) in [6.45, 7) is 4.19. The molecule has 1 aromatic heterocycles. The minimum Gasteiger partial charge on any atom is -0.359 e. The van der Waals surface area contributed by atoms with E-state index in [0.717, 1.165) is 61.1 Å². The van der Waals surface area contributed by atoms with Gasteiger partial charge in [-0.15, -0.1) is 0 Å². The zero-order chi connectivity index (χ0) is 22.5. The van der Waals surface area contributed by atoms with Gasteiger partial charge in [0.2, 0.25) is 17.8 Å². The monoisotopic (exact) mass is 435 g/mol. The number of hydrogen-bond donors (Lipinski definition) is 3. The van der Waals surface area contributed by atoms with Crippen LogP contribution in [0.3, 0.4) is 0 Å². The van der Waals surface area contributed by atoms with Crippen LogP contribution in [0.2, 0.25) is 0 Å². The molecule has 9 heteroatoms. The van der Waals surface area contributed by atoms with E-state index < -0.39 is 6.04 Å². The van der Waals surface area contributed by atoms with Gasteiger partial charge in [-0.3, -0.25) is 14.9 Å². The number of benzene rings is 1. The quantitative estimate of drug-likeness (QED) is 0.295. The summed E-state index contributed by atoms with van der Waals surface area (Å²) in [7, 11) is 0. The number of aliphatic imine (C=N–C) groups is 1. The van der Waals surface area contributed by atoms with Crippen molar-refractivity contribution in [3.05, 3.63) is 30.0 Å². The Bertz CT molecular complexity index is 1060. The van der Waals surface area contributed by atoms with Gasteiger partial charge >= 0.3 is 0 Å². The lowest BCUT2D eigenvalue weighted by atomic mass is 10.1. The summed E-state index contributed by atoms with van der Waals surface area (Å²) in [4.78, 5) is 37.0. The number of hydrogen-bond acceptors (Lipinski definition) is 4. The molecule has 2 aliphatic heterocycles. The Morgan fingerprint density at radius 1 is 1.22 bits per heavy atom. The van der Waals surface area contributed by atoms with Crippen LogP contribution in [-0.4, -0.2) is 64.8 Å². The van der Waals surface area contributed by atoms with Crippen LogP contribution < -0.4 is 10.6 Å². The number of amides is 2. The first-order chi connectivity index (χ1) is 15.5. The first kappa shape index (κ1) is 21.7. The Labute approximate surface area is 187 Å². The van der Waals surface area contributed by atoms with Gasteiger partial charge < -0.3 is 20.1 Å². The minimum atomic E-state index is -0.635. The number of carbonyl (C=O) groups excluding carboxylic acids is 2. The number of nitrogens with zero attached hydrogens (tertiary/aromatic N) is 4. The number of aryl methyl sites for hydroxylation is 1. The topological polar surface area (TPSA) is 117 Å². The average Bonchev–Trinajstić information content (AvgIpc) is 3.39. The molecule has 2 aliphatic rings. The van der Waals surface area contributed by atoms with Gasteiger partial charge in [0.25, 0.3) is 0 Å². The van der Waals surface area contributed by atoms with Crippen molar-refractivity contribution in [3.8, 4) is 6.19 Å². The maximum atomic E-state index is 13.2. The lowest BCUT2D eigenvalue weighted by molar-refractivity contribution is -0.140. The Kier molecular flexibility index (Phi) is 6.59. The number of H-pyrrole nitrogens is 1. The zero-order valence-corrected chi connectivity index (χ0v) is 18.4. The number of carbonyl (C=O) groups is 2. The normalized spacial score (nSPS) is 19.7. The predicted molar refractivity (Wildman–Crippen MR) is 123 cm³/mol. The van der Waals surface area contributed by atoms with Gasteiger partial charge in [-0.25, -0.2) is 4.99 Å². The standard InChI is InChI=1S/C23H29N7O2/c1-16-12-17-7-8-18(13-20(17)26-16)27-23(25-15-24)28-19-6-2-3-11-30(22(19)32)14-21(31)29-9-4-5-10-29/h7-8,12-13,19,26H,2-6,9-11,14H2,1H3,(H2,25,27,28)/t19-/m0/s1. The number of guanidine groups is 1. The molecule has 1 aromatic carbocycles. The molecule has 2 saturated heterocycles. The molecule has 4 rings (SSSR count). The van der Waals surface area contributed by atoms with Crippen LogP contribution in [0.1, 0.15) is 37.8 Å². The molecule has 0 unspecified atom stereocenters. The maximum Gasteiger partial charge on any atom is 0.247 e. The molecule has 1 atom stereocenters. The van der Waals surface area contributed by atoms with E-state index in [0.29, 0.717) is 13.0 Å². The van der Waals surface area contributed by atoms with Gasteiger partial charge in [0.15, 0.2) is 6.19 Å². The van der Waals surface area contributed by atoms with Crippen molar-refractivity contribution in [1.29, 1.82) is 5.26 Å². The van der Waals surface area contributed by atoms with Crippen molar-refractivity contribution in [2.75, 3.05) is 31.5 Å². The fraction of sp³-hybridized carbons (Fsp3) is 0.478. The van der Waals surface area contributed by atoms with Crippen LogP contribution in [-0.2, 0) is 9.59 Å². The third kappa shape index (κ3) is 5.02. The van der Waals surface area contributed by atoms with Crippen LogP contribution in [0, 0.1) is 18.4 Å². The number of likely N-dealkylation sites (tertiary alicyclic amines) is 2. The molecule has 0 saturated carbocycles. The molecule has 9 nitrogen and oxygen atoms in total. The molecule has 2 fully saturated rings. The Morgan fingerprint density at radius 3 is 2.78 bits per heavy atom. The van der Waals surface area contributed by atoms with Gasteiger partial charge in [0, 0.05) is 36.5 Å². The van der Waals surface area contributed by atoms with Crippen molar-refractivity contribution in [2.45, 2.75) is 45.1 Å². The van der Waals surface area contributed by atoms with Crippen molar-refractivity contribution >= 4 is 34.4 Å². The van der Waals surface area contributed by atoms with E-state index in [4.69, 9.17) is 0 Å². The van der Waals surface area contributed by atoms with Crippen LogP contribution in [0.15, 0.2) is 29.3 Å². The van der Waals surface area contributed by atoms with Gasteiger partial charge in [-0.1, -0.05) is 6.07 Å². The van der Waals surface area contributed by atoms with Crippen LogP contribution in [0.5, 0.6) is 0 Å². The molecule has 2 aromatic rings. The number of aromatic amines is 1. The van der Waals surface area contributed by atoms with Crippen molar-refractivity contribution in [1.82, 2.24) is 20.1 Å². The first-order valence-electron chi connectivity index (χ1n) is 11.2. The molecule has 3 N–H and O–H groups in total. The third-order valence-corrected chi connectivity index (χ3v) is 6.02. The van der Waals surface area contributed by atoms with E-state index in [9.17, 15) is 14.9 Å². The molecule has 3 heterocycles. The van der Waals surface area contributed by atoms with E-state index in [1.807, 2.05) is 36.2 Å². The van der Waals surface area contributed by atoms with Crippen molar-refractivity contribution in [2.24, 2.45) is 4.99 Å². The molecular formula is C23H29N7O2. The number of rotatable bonds is 4. The maximum absolute atomic E-state index is 13.2. The van der Waals surface area contributed by atoms with Crippen molar-refractivity contribution < 1.29 is 9.59 Å². The number of anilines is 1. The molecule has 168 valence electrons. The number of nitriles is 1. The molecule has 32 heavy (non-hydrogen) atoms. The van der Waals surface area contributed by atoms with Gasteiger partial charge in [-0.05, 0) is 62.6 Å². The van der Waals surface area contributed by atoms with E-state index in [1.54, 1.807) is 4.90 Å². The molecule has 0 radical (unpaired) electrons. The van der Waals surface area contributed by atoms with Crippen LogP contribution in [0.4, 0.5) is 5.69 Å². The number of nitrogens with one attached hydrogen (secondary N) is 3. The Hall–Kier alpha value is -3.54. The third-order valence-electron chi connectivity index (χ3n) is 6.02. The smallest absolute Gasteiger partial charge is 0.247 e. The molecule has 0 bridgehead atoms. The molecule has 0 spiro atoms. The lowest BCUT2D eigenvalue weighted by Gasteiger charge is -2.25. The van der Waals surface area contributed by atoms with Crippen molar-refractivity contribution in [3.63, 3.8) is 0 Å². The summed E-state index contributed by atoms with van der Waals surface area (Å²) in [6, 6.07) is 7.24. The predicted octanol–water partition coefficient (Wildman–Crippen LogP) is 2.32. The van der Waals surface area contributed by atoms with E-state index >= 15 is 0 Å². The fourth-order valence-corrected chi connectivity index (χ4v) is 4.38. The van der Waals surface area contributed by atoms with Gasteiger partial charge in [-0.2, -0.15) is 5.26 Å². The second-order valence-electron chi connectivity index (χ2n) is 8.45. The van der Waals surface area contributed by atoms with Gasteiger partial charge in [0.1, 0.15) is 6.04 Å². The summed E-state index contributed by atoms with van der Waals surface area (Å²) in [5, 5.41) is 16.0. The molecule has 0 aliphatic carbocycles. The SMILES string of the molecule is Cc1cc2ccc(NC(=N[C@H]3CCCCN(CC(=O)N4CCCC4)C3=O)NC#N)cc2[nH]1. The Balaban J connectivity index is 1.49. The van der Waals surface area contributed by atoms with E-state index in [-0.39, 0.29) is 24.3 Å². The average molecular weight is 436 g/mol. The highest BCUT2D eigenvalue weighted by molar-refractivity contribution is 5.98. The second kappa shape index (κ2) is 9.73. The highest BCUT2D eigenvalue weighted by Crippen LogP contribution is 2.20. The summed E-state index contributed by atoms with van der Waals surface area (Å²) in [5.41, 5.74) is 2.79. The highest BCUT2D eigenvalue weighted by Gasteiger charge is 2.30. The van der Waals surface area contributed by atoms with Crippen LogP contribution in [0.25, 0.3) is 10.9 Å². The van der Waals surface area contributed by atoms with E-state index in [1.165, 1.54) is 0 Å². The summed E-state index contributed by atoms with van der Waals surface area (Å²) < 4.78 is 0. The summed E-state index contributed by atoms with van der Waals surface area (Å²) >= 11 is 0. The number of fused-ring (bicyclic) bond motifs is 1.